The van der Waals surface area contributed by atoms with Crippen LogP contribution in [-0.4, -0.2) is 3.26 Å². The molecule has 0 aliphatic heterocycles. The van der Waals surface area contributed by atoms with Crippen molar-refractivity contribution >= 4 is 3.26 Å². The summed E-state index contributed by atoms with van der Waals surface area (Å²) in [7, 11) is 0. The Morgan fingerprint density at radius 2 is 1.23 bits per heavy atom. The summed E-state index contributed by atoms with van der Waals surface area (Å²) in [6.07, 6.45) is 16.3. The third-order valence-corrected chi connectivity index (χ3v) is 22.6. The van der Waals surface area contributed by atoms with E-state index in [-0.39, 0.29) is 10.8 Å². The SMILES string of the molecule is CCCCCC[C](c1ccc(C(C)C)cc1)=[Hf]([CH]1C=CC=C1)[CH]1c2cc(C(C)(C)C)ccc2-c2ccc(C(C)(C)C)cc21. The summed E-state index contributed by atoms with van der Waals surface area (Å²) < 4.78 is 2.98. The van der Waals surface area contributed by atoms with E-state index in [1.807, 2.05) is 3.26 Å². The molecule has 3 aromatic rings. The molecule has 0 saturated heterocycles. The van der Waals surface area contributed by atoms with Gasteiger partial charge in [0.25, 0.3) is 0 Å². The Morgan fingerprint density at radius 1 is 0.698 bits per heavy atom. The third kappa shape index (κ3) is 6.93. The van der Waals surface area contributed by atoms with Gasteiger partial charge in [-0.15, -0.1) is 0 Å². The molecule has 5 rings (SSSR count). The van der Waals surface area contributed by atoms with Crippen LogP contribution in [0.2, 0.25) is 3.67 Å². The molecule has 2 aliphatic carbocycles. The second-order valence-corrected chi connectivity index (χ2v) is 25.3. The normalized spacial score (nSPS) is 15.8. The molecule has 3 aromatic carbocycles. The summed E-state index contributed by atoms with van der Waals surface area (Å²) in [4.78, 5) is 0. The first-order chi connectivity index (χ1) is 20.4. The van der Waals surface area contributed by atoms with Crippen molar-refractivity contribution in [2.24, 2.45) is 0 Å². The molecule has 0 amide bonds. The van der Waals surface area contributed by atoms with E-state index in [4.69, 9.17) is 0 Å². The van der Waals surface area contributed by atoms with Crippen molar-refractivity contribution in [2.45, 2.75) is 119 Å². The van der Waals surface area contributed by atoms with E-state index in [1.165, 1.54) is 65.5 Å². The van der Waals surface area contributed by atoms with Crippen molar-refractivity contribution in [1.29, 1.82) is 0 Å². The van der Waals surface area contributed by atoms with Crippen molar-refractivity contribution in [3.05, 3.63) is 118 Å². The molecule has 2 aliphatic rings. The number of hydrogen-bond acceptors (Lipinski definition) is 0. The van der Waals surface area contributed by atoms with Gasteiger partial charge in [-0.1, -0.05) is 0 Å². The molecule has 0 bridgehead atoms. The summed E-state index contributed by atoms with van der Waals surface area (Å²) in [6, 6.07) is 24.8. The summed E-state index contributed by atoms with van der Waals surface area (Å²) in [6.45, 7) is 21.2. The fourth-order valence-electron chi connectivity index (χ4n) is 6.99. The van der Waals surface area contributed by atoms with E-state index in [2.05, 4.69) is 147 Å². The van der Waals surface area contributed by atoms with E-state index < -0.39 is 21.0 Å². The monoisotopic (exact) mass is 738 g/mol. The fraction of sp³-hybridized carbons (Fsp3) is 0.452. The van der Waals surface area contributed by atoms with Crippen LogP contribution in [0.15, 0.2) is 85.0 Å². The third-order valence-electron chi connectivity index (χ3n) is 9.72. The van der Waals surface area contributed by atoms with Crippen molar-refractivity contribution < 1.29 is 21.0 Å². The van der Waals surface area contributed by atoms with Gasteiger partial charge in [-0.05, 0) is 0 Å². The van der Waals surface area contributed by atoms with Crippen molar-refractivity contribution in [3.63, 3.8) is 0 Å². The number of allylic oxidation sites excluding steroid dienone is 4. The van der Waals surface area contributed by atoms with Crippen LogP contribution in [-0.2, 0) is 31.8 Å². The predicted molar refractivity (Wildman–Crippen MR) is 187 cm³/mol. The number of fused-ring (bicyclic) bond motifs is 3. The van der Waals surface area contributed by atoms with E-state index in [1.54, 1.807) is 11.1 Å². The van der Waals surface area contributed by atoms with Gasteiger partial charge in [-0.3, -0.25) is 0 Å². The van der Waals surface area contributed by atoms with Gasteiger partial charge in [0.1, 0.15) is 0 Å². The average molecular weight is 737 g/mol. The summed E-state index contributed by atoms with van der Waals surface area (Å²) >= 11 is -2.73. The summed E-state index contributed by atoms with van der Waals surface area (Å²) in [5.74, 6) is 0.558. The van der Waals surface area contributed by atoms with Crippen LogP contribution in [0.1, 0.15) is 137 Å². The van der Waals surface area contributed by atoms with Crippen LogP contribution in [0.4, 0.5) is 0 Å². The van der Waals surface area contributed by atoms with Crippen molar-refractivity contribution in [3.8, 4) is 11.1 Å². The minimum atomic E-state index is -2.73. The van der Waals surface area contributed by atoms with Crippen LogP contribution in [0, 0.1) is 0 Å². The van der Waals surface area contributed by atoms with E-state index >= 15 is 0 Å². The molecule has 0 fully saturated rings. The van der Waals surface area contributed by atoms with Gasteiger partial charge in [-0.2, -0.15) is 0 Å². The number of unbranched alkanes of at least 4 members (excludes halogenated alkanes) is 3. The fourth-order valence-corrected chi connectivity index (χ4v) is 21.0. The molecule has 0 saturated carbocycles. The Hall–Kier alpha value is -2.12. The molecule has 0 N–H and O–H groups in total. The second-order valence-electron chi connectivity index (χ2n) is 15.4. The Labute approximate surface area is 270 Å². The molecule has 0 aromatic heterocycles. The summed E-state index contributed by atoms with van der Waals surface area (Å²) in [5, 5.41) is 0. The van der Waals surface area contributed by atoms with Gasteiger partial charge < -0.3 is 0 Å². The first kappa shape index (κ1) is 32.3. The van der Waals surface area contributed by atoms with Gasteiger partial charge in [0.15, 0.2) is 0 Å². The van der Waals surface area contributed by atoms with E-state index in [0.717, 1.165) is 0 Å². The molecular formula is C42H54Hf. The van der Waals surface area contributed by atoms with Crippen LogP contribution in [0.3, 0.4) is 0 Å². The van der Waals surface area contributed by atoms with E-state index in [0.29, 0.717) is 13.3 Å². The molecule has 1 heteroatoms. The zero-order valence-electron chi connectivity index (χ0n) is 28.4. The second kappa shape index (κ2) is 13.1. The summed E-state index contributed by atoms with van der Waals surface area (Å²) in [5.41, 5.74) is 12.4. The molecule has 226 valence electrons. The Morgan fingerprint density at radius 3 is 1.70 bits per heavy atom. The molecule has 0 heterocycles. The van der Waals surface area contributed by atoms with Crippen molar-refractivity contribution in [1.82, 2.24) is 0 Å². The molecule has 0 atom stereocenters. The molecule has 43 heavy (non-hydrogen) atoms. The average Bonchev–Trinajstić information content (AvgIpc) is 3.60. The van der Waals surface area contributed by atoms with Crippen LogP contribution < -0.4 is 0 Å². The van der Waals surface area contributed by atoms with Gasteiger partial charge in [0.05, 0.1) is 0 Å². The Kier molecular flexibility index (Phi) is 9.82. The quantitative estimate of drug-likeness (QED) is 0.152. The maximum absolute atomic E-state index is 2.73. The first-order valence-corrected chi connectivity index (χ1v) is 22.8. The van der Waals surface area contributed by atoms with Gasteiger partial charge in [0.2, 0.25) is 0 Å². The predicted octanol–water partition coefficient (Wildman–Crippen LogP) is 12.2. The number of benzene rings is 3. The molecule has 0 radical (unpaired) electrons. The van der Waals surface area contributed by atoms with Crippen LogP contribution >= 0.6 is 0 Å². The minimum absolute atomic E-state index is 0.128. The van der Waals surface area contributed by atoms with Crippen molar-refractivity contribution in [2.75, 3.05) is 0 Å². The Bertz CT molecular complexity index is 1450. The molecule has 0 unspecified atom stereocenters. The molecular weight excluding hydrogens is 683 g/mol. The van der Waals surface area contributed by atoms with E-state index in [9.17, 15) is 0 Å². The van der Waals surface area contributed by atoms with Crippen LogP contribution in [0.25, 0.3) is 11.1 Å². The molecule has 0 nitrogen and oxygen atoms in total. The topological polar surface area (TPSA) is 0 Å². The van der Waals surface area contributed by atoms with Gasteiger partial charge >= 0.3 is 272 Å². The zero-order valence-corrected chi connectivity index (χ0v) is 31.9. The Balaban J connectivity index is 1.81. The molecule has 0 spiro atoms. The number of hydrogen-bond donors (Lipinski definition) is 0. The first-order valence-electron chi connectivity index (χ1n) is 16.9. The van der Waals surface area contributed by atoms with Gasteiger partial charge in [-0.25, -0.2) is 0 Å². The van der Waals surface area contributed by atoms with Gasteiger partial charge in [0, 0.05) is 0 Å². The zero-order chi connectivity index (χ0) is 30.9. The maximum atomic E-state index is 2.63. The number of rotatable bonds is 9. The van der Waals surface area contributed by atoms with Crippen LogP contribution in [0.5, 0.6) is 0 Å². The standard InChI is InChI=1S/C21H25.C16H24.C5H5.Hf/c1-20(2,3)16-7-9-18-14(12-16)11-15-13-17(21(4,5)6)8-10-19(15)18;1-4-5-6-7-8-9-15-10-12-16(13-11-15)14(2)3;1-2-4-5-3-1;/h7-13H,1-6H3;10-14H,4-8H2,1-3H3;1-5H;.